The fraction of sp³-hybridized carbons (Fsp3) is 0.500. The van der Waals surface area contributed by atoms with Gasteiger partial charge in [-0.15, -0.1) is 24.0 Å². The van der Waals surface area contributed by atoms with Crippen LogP contribution in [0.15, 0.2) is 23.2 Å². The van der Waals surface area contributed by atoms with E-state index < -0.39 is 0 Å². The highest BCUT2D eigenvalue weighted by atomic mass is 127. The van der Waals surface area contributed by atoms with E-state index in [1.165, 1.54) is 6.07 Å². The molecule has 0 saturated carbocycles. The summed E-state index contributed by atoms with van der Waals surface area (Å²) in [5.41, 5.74) is 12.0. The maximum absolute atomic E-state index is 14.2. The fourth-order valence-electron chi connectivity index (χ4n) is 2.39. The summed E-state index contributed by atoms with van der Waals surface area (Å²) in [5.74, 6) is -0.191. The first-order valence-corrected chi connectivity index (χ1v) is 6.91. The van der Waals surface area contributed by atoms with Crippen LogP contribution >= 0.6 is 24.0 Å². The van der Waals surface area contributed by atoms with Crippen LogP contribution in [0.1, 0.15) is 12.5 Å². The normalized spacial score (nSPS) is 15.4. The molecule has 0 radical (unpaired) electrons. The lowest BCUT2D eigenvalue weighted by atomic mass is 10.1. The van der Waals surface area contributed by atoms with Gasteiger partial charge in [0, 0.05) is 26.2 Å². The van der Waals surface area contributed by atoms with Crippen molar-refractivity contribution in [2.24, 2.45) is 16.5 Å². The lowest BCUT2D eigenvalue weighted by molar-refractivity contribution is 0.270. The number of hydrogen-bond donors (Lipinski definition) is 2. The third-order valence-electron chi connectivity index (χ3n) is 3.62. The highest BCUT2D eigenvalue weighted by Gasteiger charge is 2.18. The molecule has 0 spiro atoms. The Morgan fingerprint density at radius 3 is 2.43 bits per heavy atom. The molecule has 1 aromatic rings. The zero-order valence-corrected chi connectivity index (χ0v) is 14.6. The molecule has 0 aliphatic carbocycles. The van der Waals surface area contributed by atoms with E-state index in [-0.39, 0.29) is 35.8 Å². The van der Waals surface area contributed by atoms with Crippen LogP contribution in [0, 0.1) is 5.82 Å². The molecule has 2 rings (SSSR count). The number of hydrogen-bond acceptors (Lipinski definition) is 3. The first-order chi connectivity index (χ1) is 9.60. The van der Waals surface area contributed by atoms with E-state index in [2.05, 4.69) is 21.7 Å². The molecule has 1 fully saturated rings. The van der Waals surface area contributed by atoms with Crippen LogP contribution in [0.4, 0.5) is 10.1 Å². The largest absolute Gasteiger partial charge is 0.370 e. The van der Waals surface area contributed by atoms with Crippen molar-refractivity contribution >= 4 is 35.6 Å². The third kappa shape index (κ3) is 4.99. The van der Waals surface area contributed by atoms with E-state index in [0.29, 0.717) is 12.2 Å². The molecule has 1 aliphatic rings. The smallest absolute Gasteiger partial charge is 0.186 e. The molecule has 0 aromatic heterocycles. The molecular weight excluding hydrogens is 384 g/mol. The Balaban J connectivity index is 0.00000220. The Morgan fingerprint density at radius 2 is 1.90 bits per heavy atom. The van der Waals surface area contributed by atoms with Crippen molar-refractivity contribution in [1.82, 2.24) is 4.90 Å². The number of benzene rings is 1. The van der Waals surface area contributed by atoms with Gasteiger partial charge >= 0.3 is 0 Å². The van der Waals surface area contributed by atoms with Gasteiger partial charge in [-0.25, -0.2) is 9.38 Å². The number of anilines is 1. The second-order valence-corrected chi connectivity index (χ2v) is 4.95. The summed E-state index contributed by atoms with van der Waals surface area (Å²) in [4.78, 5) is 8.34. The number of halogens is 2. The van der Waals surface area contributed by atoms with Gasteiger partial charge in [0.15, 0.2) is 5.96 Å². The Bertz CT molecular complexity index is 482. The Labute approximate surface area is 142 Å². The van der Waals surface area contributed by atoms with E-state index in [1.807, 2.05) is 12.1 Å². The number of likely N-dealkylation sites (N-methyl/N-ethyl adjacent to an activating group) is 1. The summed E-state index contributed by atoms with van der Waals surface area (Å²) in [6.45, 7) is 7.18. The van der Waals surface area contributed by atoms with Crippen molar-refractivity contribution < 1.29 is 4.39 Å². The predicted octanol–water partition coefficient (Wildman–Crippen LogP) is 1.36. The zero-order chi connectivity index (χ0) is 14.5. The van der Waals surface area contributed by atoms with Crippen LogP contribution in [0.3, 0.4) is 0 Å². The summed E-state index contributed by atoms with van der Waals surface area (Å²) in [6.07, 6.45) is 0. The van der Waals surface area contributed by atoms with Gasteiger partial charge < -0.3 is 21.3 Å². The van der Waals surface area contributed by atoms with Crippen LogP contribution in [0.5, 0.6) is 0 Å². The number of nitrogens with zero attached hydrogens (tertiary/aromatic N) is 3. The molecule has 0 bridgehead atoms. The second kappa shape index (κ2) is 8.38. The van der Waals surface area contributed by atoms with Crippen LogP contribution < -0.4 is 16.4 Å². The highest BCUT2D eigenvalue weighted by Crippen LogP contribution is 2.22. The van der Waals surface area contributed by atoms with Crippen molar-refractivity contribution in [2.75, 3.05) is 37.6 Å². The first kappa shape index (κ1) is 18.0. The maximum Gasteiger partial charge on any atom is 0.186 e. The van der Waals surface area contributed by atoms with Gasteiger partial charge in [0.1, 0.15) is 5.82 Å². The van der Waals surface area contributed by atoms with Gasteiger partial charge in [-0.1, -0.05) is 13.0 Å². The molecule has 7 heteroatoms. The second-order valence-electron chi connectivity index (χ2n) is 4.95. The van der Waals surface area contributed by atoms with Crippen LogP contribution in [0.25, 0.3) is 0 Å². The van der Waals surface area contributed by atoms with Gasteiger partial charge in [-0.3, -0.25) is 0 Å². The average molecular weight is 407 g/mol. The third-order valence-corrected chi connectivity index (χ3v) is 3.62. The molecule has 4 N–H and O–H groups in total. The minimum absolute atomic E-state index is 0. The molecular formula is C14H23FIN5. The Kier molecular flexibility index (Phi) is 7.16. The first-order valence-electron chi connectivity index (χ1n) is 6.91. The number of guanidine groups is 1. The lowest BCUT2D eigenvalue weighted by Crippen LogP contribution is -2.46. The van der Waals surface area contributed by atoms with Crippen LogP contribution in [-0.2, 0) is 6.54 Å². The maximum atomic E-state index is 14.2. The van der Waals surface area contributed by atoms with Crippen LogP contribution in [-0.4, -0.2) is 43.6 Å². The van der Waals surface area contributed by atoms with Crippen molar-refractivity contribution in [3.8, 4) is 0 Å². The molecule has 21 heavy (non-hydrogen) atoms. The average Bonchev–Trinajstić information content (AvgIpc) is 2.45. The van der Waals surface area contributed by atoms with Crippen LogP contribution in [0.2, 0.25) is 0 Å². The highest BCUT2D eigenvalue weighted by molar-refractivity contribution is 14.0. The van der Waals surface area contributed by atoms with Gasteiger partial charge in [0.25, 0.3) is 0 Å². The standard InChI is InChI=1S/C14H22FN5.HI/c1-2-19-5-7-20(8-6-19)13-4-3-11(9-12(13)15)10-18-14(16)17;/h3-4,9H,2,5-8,10H2,1H3,(H4,16,17,18);1H. The minimum Gasteiger partial charge on any atom is -0.370 e. The molecule has 1 heterocycles. The Hall–Kier alpha value is -1.09. The summed E-state index contributed by atoms with van der Waals surface area (Å²) in [5, 5.41) is 0. The quantitative estimate of drug-likeness (QED) is 0.449. The van der Waals surface area contributed by atoms with Gasteiger partial charge in [-0.2, -0.15) is 0 Å². The van der Waals surface area contributed by atoms with E-state index in [9.17, 15) is 4.39 Å². The number of aliphatic imine (C=N–C) groups is 1. The van der Waals surface area contributed by atoms with Crippen molar-refractivity contribution in [2.45, 2.75) is 13.5 Å². The summed E-state index contributed by atoms with van der Waals surface area (Å²) >= 11 is 0. The van der Waals surface area contributed by atoms with Gasteiger partial charge in [0.2, 0.25) is 0 Å². The Morgan fingerprint density at radius 1 is 1.24 bits per heavy atom. The molecule has 1 saturated heterocycles. The number of rotatable bonds is 4. The monoisotopic (exact) mass is 407 g/mol. The number of piperazine rings is 1. The molecule has 1 aromatic carbocycles. The predicted molar refractivity (Wildman–Crippen MR) is 95.7 cm³/mol. The summed E-state index contributed by atoms with van der Waals surface area (Å²) in [7, 11) is 0. The lowest BCUT2D eigenvalue weighted by Gasteiger charge is -2.35. The van der Waals surface area contributed by atoms with Gasteiger partial charge in [0.05, 0.1) is 12.2 Å². The van der Waals surface area contributed by atoms with Crippen molar-refractivity contribution in [1.29, 1.82) is 0 Å². The zero-order valence-electron chi connectivity index (χ0n) is 12.3. The van der Waals surface area contributed by atoms with Gasteiger partial charge in [-0.05, 0) is 24.2 Å². The summed E-state index contributed by atoms with van der Waals surface area (Å²) in [6, 6.07) is 5.19. The molecule has 0 atom stereocenters. The number of nitrogens with two attached hydrogens (primary N) is 2. The minimum atomic E-state index is -0.210. The van der Waals surface area contributed by atoms with E-state index in [0.717, 1.165) is 38.3 Å². The van der Waals surface area contributed by atoms with E-state index in [4.69, 9.17) is 11.5 Å². The van der Waals surface area contributed by atoms with E-state index in [1.54, 1.807) is 0 Å². The molecule has 0 unspecified atom stereocenters. The SMILES string of the molecule is CCN1CCN(c2ccc(CN=C(N)N)cc2F)CC1.I. The van der Waals surface area contributed by atoms with E-state index >= 15 is 0 Å². The molecule has 5 nitrogen and oxygen atoms in total. The molecule has 118 valence electrons. The molecule has 1 aliphatic heterocycles. The van der Waals surface area contributed by atoms with Crippen molar-refractivity contribution in [3.63, 3.8) is 0 Å². The summed E-state index contributed by atoms with van der Waals surface area (Å²) < 4.78 is 14.2. The topological polar surface area (TPSA) is 70.9 Å². The fourth-order valence-corrected chi connectivity index (χ4v) is 2.39. The molecule has 0 amide bonds. The van der Waals surface area contributed by atoms with Crippen molar-refractivity contribution in [3.05, 3.63) is 29.6 Å².